The van der Waals surface area contributed by atoms with Gasteiger partial charge in [-0.15, -0.1) is 11.3 Å². The molecule has 0 aliphatic carbocycles. The van der Waals surface area contributed by atoms with E-state index in [1.54, 1.807) is 19.2 Å². The predicted octanol–water partition coefficient (Wildman–Crippen LogP) is 4.13. The van der Waals surface area contributed by atoms with Gasteiger partial charge in [-0.25, -0.2) is 9.37 Å². The lowest BCUT2D eigenvalue weighted by Gasteiger charge is -2.06. The number of hydrogen-bond acceptors (Lipinski definition) is 4. The lowest BCUT2D eigenvalue weighted by atomic mass is 10.2. The SMILES string of the molecule is COc1ccc(CNC(=O)Cc2sc(-c3ccc(F)cc3)nc2C)cc1. The zero-order valence-electron chi connectivity index (χ0n) is 14.6. The van der Waals surface area contributed by atoms with E-state index in [0.717, 1.165) is 32.5 Å². The molecule has 1 amide bonds. The van der Waals surface area contributed by atoms with Crippen LogP contribution in [0, 0.1) is 12.7 Å². The number of ether oxygens (including phenoxy) is 1. The molecule has 0 spiro atoms. The van der Waals surface area contributed by atoms with Crippen LogP contribution in [0.4, 0.5) is 4.39 Å². The van der Waals surface area contributed by atoms with Gasteiger partial charge in [-0.3, -0.25) is 4.79 Å². The number of aryl methyl sites for hydroxylation is 1. The quantitative estimate of drug-likeness (QED) is 0.710. The highest BCUT2D eigenvalue weighted by Gasteiger charge is 2.13. The summed E-state index contributed by atoms with van der Waals surface area (Å²) in [7, 11) is 1.62. The molecule has 0 unspecified atom stereocenters. The molecule has 0 radical (unpaired) electrons. The van der Waals surface area contributed by atoms with E-state index in [9.17, 15) is 9.18 Å². The van der Waals surface area contributed by atoms with E-state index >= 15 is 0 Å². The Balaban J connectivity index is 1.61. The van der Waals surface area contributed by atoms with Crippen molar-refractivity contribution in [2.24, 2.45) is 0 Å². The molecular formula is C20H19FN2O2S. The summed E-state index contributed by atoms with van der Waals surface area (Å²) < 4.78 is 18.2. The van der Waals surface area contributed by atoms with Crippen molar-refractivity contribution in [3.63, 3.8) is 0 Å². The van der Waals surface area contributed by atoms with E-state index in [1.165, 1.54) is 23.5 Å². The average molecular weight is 370 g/mol. The number of thiazole rings is 1. The topological polar surface area (TPSA) is 51.2 Å². The maximum absolute atomic E-state index is 13.0. The molecule has 1 aromatic heterocycles. The summed E-state index contributed by atoms with van der Waals surface area (Å²) in [5.41, 5.74) is 2.69. The van der Waals surface area contributed by atoms with Crippen molar-refractivity contribution in [1.29, 1.82) is 0 Å². The van der Waals surface area contributed by atoms with E-state index in [2.05, 4.69) is 10.3 Å². The smallest absolute Gasteiger partial charge is 0.225 e. The van der Waals surface area contributed by atoms with Gasteiger partial charge in [-0.05, 0) is 48.9 Å². The van der Waals surface area contributed by atoms with E-state index in [0.29, 0.717) is 6.54 Å². The number of rotatable bonds is 6. The van der Waals surface area contributed by atoms with Crippen LogP contribution in [0.3, 0.4) is 0 Å². The first-order valence-corrected chi connectivity index (χ1v) is 8.98. The molecule has 1 heterocycles. The minimum absolute atomic E-state index is 0.0572. The second-order valence-electron chi connectivity index (χ2n) is 5.84. The van der Waals surface area contributed by atoms with Crippen molar-refractivity contribution < 1.29 is 13.9 Å². The van der Waals surface area contributed by atoms with Gasteiger partial charge in [0, 0.05) is 17.0 Å². The normalized spacial score (nSPS) is 10.6. The van der Waals surface area contributed by atoms with Crippen LogP contribution in [-0.4, -0.2) is 18.0 Å². The van der Waals surface area contributed by atoms with Gasteiger partial charge in [0.25, 0.3) is 0 Å². The zero-order valence-corrected chi connectivity index (χ0v) is 15.4. The molecule has 3 rings (SSSR count). The Hall–Kier alpha value is -2.73. The van der Waals surface area contributed by atoms with E-state index < -0.39 is 0 Å². The van der Waals surface area contributed by atoms with Crippen molar-refractivity contribution in [3.05, 3.63) is 70.5 Å². The van der Waals surface area contributed by atoms with Crippen LogP contribution in [0.15, 0.2) is 48.5 Å². The first-order chi connectivity index (χ1) is 12.5. The minimum atomic E-state index is -0.278. The second-order valence-corrected chi connectivity index (χ2v) is 6.92. The fourth-order valence-corrected chi connectivity index (χ4v) is 3.53. The molecule has 26 heavy (non-hydrogen) atoms. The number of amides is 1. The van der Waals surface area contributed by atoms with Crippen molar-refractivity contribution >= 4 is 17.2 Å². The standard InChI is InChI=1S/C20H19FN2O2S/c1-13-18(26-20(23-13)15-5-7-16(21)8-6-15)11-19(24)22-12-14-3-9-17(25-2)10-4-14/h3-10H,11-12H2,1-2H3,(H,22,24). The highest BCUT2D eigenvalue weighted by Crippen LogP contribution is 2.28. The summed E-state index contributed by atoms with van der Waals surface area (Å²) >= 11 is 1.46. The molecular weight excluding hydrogens is 351 g/mol. The van der Waals surface area contributed by atoms with Gasteiger partial charge < -0.3 is 10.1 Å². The number of hydrogen-bond donors (Lipinski definition) is 1. The van der Waals surface area contributed by atoms with Crippen LogP contribution in [0.1, 0.15) is 16.1 Å². The number of nitrogens with zero attached hydrogens (tertiary/aromatic N) is 1. The third-order valence-electron chi connectivity index (χ3n) is 3.95. The number of aromatic nitrogens is 1. The highest BCUT2D eigenvalue weighted by molar-refractivity contribution is 7.15. The highest BCUT2D eigenvalue weighted by atomic mass is 32.1. The molecule has 0 aliphatic heterocycles. The van der Waals surface area contributed by atoms with Gasteiger partial charge >= 0.3 is 0 Å². The fraction of sp³-hybridized carbons (Fsp3) is 0.200. The Bertz CT molecular complexity index is 889. The van der Waals surface area contributed by atoms with Crippen molar-refractivity contribution in [2.45, 2.75) is 19.9 Å². The lowest BCUT2D eigenvalue weighted by Crippen LogP contribution is -2.24. The molecule has 0 saturated carbocycles. The van der Waals surface area contributed by atoms with Gasteiger partial charge in [-0.2, -0.15) is 0 Å². The summed E-state index contributed by atoms with van der Waals surface area (Å²) in [6.45, 7) is 2.35. The predicted molar refractivity (Wildman–Crippen MR) is 101 cm³/mol. The molecule has 6 heteroatoms. The Kier molecular flexibility index (Phi) is 5.63. The maximum Gasteiger partial charge on any atom is 0.225 e. The Morgan fingerprint density at radius 1 is 1.15 bits per heavy atom. The van der Waals surface area contributed by atoms with Crippen LogP contribution in [-0.2, 0) is 17.8 Å². The molecule has 2 aromatic carbocycles. The van der Waals surface area contributed by atoms with Crippen LogP contribution in [0.5, 0.6) is 5.75 Å². The van der Waals surface area contributed by atoms with Crippen LogP contribution >= 0.6 is 11.3 Å². The first-order valence-electron chi connectivity index (χ1n) is 8.17. The average Bonchev–Trinajstić information content (AvgIpc) is 3.01. The molecule has 0 atom stereocenters. The third kappa shape index (κ3) is 4.46. The van der Waals surface area contributed by atoms with Crippen molar-refractivity contribution in [3.8, 4) is 16.3 Å². The number of halogens is 1. The largest absolute Gasteiger partial charge is 0.497 e. The van der Waals surface area contributed by atoms with Crippen molar-refractivity contribution in [1.82, 2.24) is 10.3 Å². The number of carbonyl (C=O) groups is 1. The summed E-state index contributed by atoms with van der Waals surface area (Å²) in [5, 5.41) is 3.71. The molecule has 0 saturated heterocycles. The van der Waals surface area contributed by atoms with Gasteiger partial charge in [0.2, 0.25) is 5.91 Å². The third-order valence-corrected chi connectivity index (χ3v) is 5.16. The Morgan fingerprint density at radius 2 is 1.85 bits per heavy atom. The number of methoxy groups -OCH3 is 1. The summed E-state index contributed by atoms with van der Waals surface area (Å²) in [6, 6.07) is 13.8. The molecule has 0 fully saturated rings. The summed E-state index contributed by atoms with van der Waals surface area (Å²) in [4.78, 5) is 17.7. The zero-order chi connectivity index (χ0) is 18.5. The molecule has 134 valence electrons. The number of benzene rings is 2. The van der Waals surface area contributed by atoms with E-state index in [1.807, 2.05) is 31.2 Å². The molecule has 3 aromatic rings. The van der Waals surface area contributed by atoms with Crippen LogP contribution in [0.2, 0.25) is 0 Å². The molecule has 1 N–H and O–H groups in total. The molecule has 4 nitrogen and oxygen atoms in total. The van der Waals surface area contributed by atoms with Crippen molar-refractivity contribution in [2.75, 3.05) is 7.11 Å². The monoisotopic (exact) mass is 370 g/mol. The molecule has 0 aliphatic rings. The van der Waals surface area contributed by atoms with Gasteiger partial charge in [0.1, 0.15) is 16.6 Å². The first kappa shape index (κ1) is 18.1. The number of nitrogens with one attached hydrogen (secondary N) is 1. The maximum atomic E-state index is 13.0. The fourth-order valence-electron chi connectivity index (χ4n) is 2.46. The number of carbonyl (C=O) groups excluding carboxylic acids is 1. The van der Waals surface area contributed by atoms with Crippen LogP contribution < -0.4 is 10.1 Å². The Labute approximate surface area is 155 Å². The minimum Gasteiger partial charge on any atom is -0.497 e. The second kappa shape index (κ2) is 8.10. The summed E-state index contributed by atoms with van der Waals surface area (Å²) in [5.74, 6) is 0.451. The van der Waals surface area contributed by atoms with E-state index in [4.69, 9.17) is 4.74 Å². The molecule has 0 bridgehead atoms. The lowest BCUT2D eigenvalue weighted by molar-refractivity contribution is -0.120. The van der Waals surface area contributed by atoms with E-state index in [-0.39, 0.29) is 18.1 Å². The van der Waals surface area contributed by atoms with Gasteiger partial charge in [0.05, 0.1) is 19.2 Å². The Morgan fingerprint density at radius 3 is 2.50 bits per heavy atom. The van der Waals surface area contributed by atoms with Gasteiger partial charge in [0.15, 0.2) is 0 Å². The van der Waals surface area contributed by atoms with Crippen LogP contribution in [0.25, 0.3) is 10.6 Å². The summed E-state index contributed by atoms with van der Waals surface area (Å²) in [6.07, 6.45) is 0.279. The van der Waals surface area contributed by atoms with Gasteiger partial charge in [-0.1, -0.05) is 12.1 Å².